The average Bonchev–Trinajstić information content (AvgIpc) is 2.98. The number of carbonyl (C=O) groups is 3. The molecule has 0 radical (unpaired) electrons. The molecule has 0 saturated heterocycles. The summed E-state index contributed by atoms with van der Waals surface area (Å²) < 4.78 is 1.22. The number of hydrogen-bond donors (Lipinski definition) is 1. The molecule has 0 unspecified atom stereocenters. The lowest BCUT2D eigenvalue weighted by Crippen LogP contribution is -2.35. The molecule has 2 amide bonds. The molecule has 0 fully saturated rings. The highest BCUT2D eigenvalue weighted by Gasteiger charge is 2.39. The monoisotopic (exact) mass is 422 g/mol. The zero-order valence-corrected chi connectivity index (χ0v) is 17.0. The quantitative estimate of drug-likeness (QED) is 0.632. The van der Waals surface area contributed by atoms with Crippen LogP contribution in [0.15, 0.2) is 39.9 Å². The molecule has 4 rings (SSSR count). The second-order valence-corrected chi connectivity index (χ2v) is 7.28. The van der Waals surface area contributed by atoms with Crippen LogP contribution in [0.5, 0.6) is 0 Å². The van der Waals surface area contributed by atoms with E-state index in [9.17, 15) is 24.0 Å². The SMILES string of the molecule is CCn1c(=O)[nH]c(=O)c2c(C(=O)ON3C(=O)c4ccccc4C3=O)cc(C(C)C)nc21. The van der Waals surface area contributed by atoms with Crippen LogP contribution in [0.25, 0.3) is 11.0 Å². The van der Waals surface area contributed by atoms with Crippen molar-refractivity contribution in [1.82, 2.24) is 19.6 Å². The number of amides is 2. The number of nitrogens with one attached hydrogen (secondary N) is 1. The predicted molar refractivity (Wildman–Crippen MR) is 109 cm³/mol. The molecule has 158 valence electrons. The molecule has 0 aliphatic carbocycles. The van der Waals surface area contributed by atoms with Gasteiger partial charge < -0.3 is 4.84 Å². The highest BCUT2D eigenvalue weighted by atomic mass is 16.7. The predicted octanol–water partition coefficient (Wildman–Crippen LogP) is 1.60. The van der Waals surface area contributed by atoms with Crippen LogP contribution in [0.2, 0.25) is 0 Å². The molecule has 10 nitrogen and oxygen atoms in total. The Morgan fingerprint density at radius 2 is 1.71 bits per heavy atom. The second kappa shape index (κ2) is 7.31. The molecule has 0 atom stereocenters. The molecule has 0 saturated carbocycles. The average molecular weight is 422 g/mol. The first-order valence-electron chi connectivity index (χ1n) is 9.62. The molecule has 1 aliphatic rings. The van der Waals surface area contributed by atoms with Gasteiger partial charge in [0.15, 0.2) is 5.65 Å². The van der Waals surface area contributed by atoms with Crippen molar-refractivity contribution in [3.05, 3.63) is 73.6 Å². The number of H-pyrrole nitrogens is 1. The molecular weight excluding hydrogens is 404 g/mol. The van der Waals surface area contributed by atoms with E-state index in [0.29, 0.717) is 10.8 Å². The van der Waals surface area contributed by atoms with E-state index >= 15 is 0 Å². The van der Waals surface area contributed by atoms with Crippen molar-refractivity contribution in [3.8, 4) is 0 Å². The maximum Gasteiger partial charge on any atom is 0.364 e. The van der Waals surface area contributed by atoms with Crippen LogP contribution in [0.1, 0.15) is 63.5 Å². The normalized spacial score (nSPS) is 13.2. The standard InChI is InChI=1S/C21H18N4O6/c1-4-24-16-15(17(26)23-21(24)30)13(9-14(22-16)10(2)3)20(29)31-25-18(27)11-7-5-6-8-12(11)19(25)28/h5-10H,4H2,1-3H3,(H,23,26,30). The third-order valence-corrected chi connectivity index (χ3v) is 5.03. The largest absolute Gasteiger partial charge is 0.364 e. The van der Waals surface area contributed by atoms with E-state index in [2.05, 4.69) is 9.97 Å². The highest BCUT2D eigenvalue weighted by molar-refractivity contribution is 6.21. The van der Waals surface area contributed by atoms with E-state index in [1.54, 1.807) is 19.1 Å². The summed E-state index contributed by atoms with van der Waals surface area (Å²) in [4.78, 5) is 74.5. The number of rotatable bonds is 4. The molecule has 2 aromatic heterocycles. The van der Waals surface area contributed by atoms with E-state index < -0.39 is 29.0 Å². The van der Waals surface area contributed by atoms with Crippen LogP contribution in [0.3, 0.4) is 0 Å². The number of fused-ring (bicyclic) bond motifs is 2. The Bertz CT molecular complexity index is 1350. The fourth-order valence-electron chi connectivity index (χ4n) is 3.43. The van der Waals surface area contributed by atoms with E-state index in [1.165, 1.54) is 22.8 Å². The lowest BCUT2D eigenvalue weighted by molar-refractivity contribution is -0.0583. The molecule has 1 aliphatic heterocycles. The number of imide groups is 1. The topological polar surface area (TPSA) is 131 Å². The van der Waals surface area contributed by atoms with Crippen LogP contribution in [-0.2, 0) is 11.4 Å². The number of aromatic amines is 1. The Kier molecular flexibility index (Phi) is 4.77. The number of aromatic nitrogens is 3. The van der Waals surface area contributed by atoms with Gasteiger partial charge in [0.1, 0.15) is 0 Å². The van der Waals surface area contributed by atoms with Crippen molar-refractivity contribution in [2.45, 2.75) is 33.2 Å². The first-order chi connectivity index (χ1) is 14.7. The van der Waals surface area contributed by atoms with Gasteiger partial charge in [-0.2, -0.15) is 0 Å². The molecule has 10 heteroatoms. The molecule has 1 aromatic carbocycles. The zero-order valence-electron chi connectivity index (χ0n) is 17.0. The number of aryl methyl sites for hydroxylation is 1. The Hall–Kier alpha value is -4.08. The van der Waals surface area contributed by atoms with Crippen LogP contribution in [-0.4, -0.2) is 37.4 Å². The van der Waals surface area contributed by atoms with E-state index in [-0.39, 0.29) is 40.2 Å². The Morgan fingerprint density at radius 3 is 2.26 bits per heavy atom. The first-order valence-corrected chi connectivity index (χ1v) is 9.62. The van der Waals surface area contributed by atoms with Crippen molar-refractivity contribution in [1.29, 1.82) is 0 Å². The van der Waals surface area contributed by atoms with Crippen molar-refractivity contribution in [3.63, 3.8) is 0 Å². The van der Waals surface area contributed by atoms with Gasteiger partial charge in [-0.15, -0.1) is 0 Å². The molecule has 1 N–H and O–H groups in total. The van der Waals surface area contributed by atoms with E-state index in [0.717, 1.165) is 0 Å². The van der Waals surface area contributed by atoms with Gasteiger partial charge >= 0.3 is 11.7 Å². The third kappa shape index (κ3) is 3.12. The van der Waals surface area contributed by atoms with Crippen molar-refractivity contribution in [2.24, 2.45) is 0 Å². The van der Waals surface area contributed by atoms with E-state index in [4.69, 9.17) is 4.84 Å². The molecule has 0 spiro atoms. The van der Waals surface area contributed by atoms with Crippen LogP contribution < -0.4 is 11.2 Å². The van der Waals surface area contributed by atoms with Crippen molar-refractivity contribution < 1.29 is 19.2 Å². The summed E-state index contributed by atoms with van der Waals surface area (Å²) in [5.41, 5.74) is -0.991. The van der Waals surface area contributed by atoms with Crippen LogP contribution >= 0.6 is 0 Å². The molecule has 31 heavy (non-hydrogen) atoms. The first kappa shape index (κ1) is 20.2. The molecular formula is C21H18N4O6. The summed E-state index contributed by atoms with van der Waals surface area (Å²) in [5.74, 6) is -2.79. The minimum absolute atomic E-state index is 0.0248. The number of carbonyl (C=O) groups excluding carboxylic acids is 3. The minimum atomic E-state index is -1.09. The van der Waals surface area contributed by atoms with Gasteiger partial charge in [0.05, 0.1) is 22.1 Å². The van der Waals surface area contributed by atoms with Gasteiger partial charge in [0.25, 0.3) is 17.4 Å². The maximum atomic E-state index is 13.0. The van der Waals surface area contributed by atoms with Crippen LogP contribution in [0, 0.1) is 0 Å². The third-order valence-electron chi connectivity index (χ3n) is 5.03. The summed E-state index contributed by atoms with van der Waals surface area (Å²) in [5, 5.41) is 0.214. The Labute approximate surface area is 175 Å². The summed E-state index contributed by atoms with van der Waals surface area (Å²) >= 11 is 0. The zero-order chi connectivity index (χ0) is 22.4. The summed E-state index contributed by atoms with van der Waals surface area (Å²) in [6.45, 7) is 5.55. The molecule has 3 aromatic rings. The fourth-order valence-corrected chi connectivity index (χ4v) is 3.43. The van der Waals surface area contributed by atoms with Gasteiger partial charge in [-0.1, -0.05) is 31.0 Å². The Balaban J connectivity index is 1.85. The van der Waals surface area contributed by atoms with Gasteiger partial charge in [0, 0.05) is 12.2 Å². The Morgan fingerprint density at radius 1 is 1.10 bits per heavy atom. The van der Waals surface area contributed by atoms with Gasteiger partial charge in [-0.25, -0.2) is 14.6 Å². The lowest BCUT2D eigenvalue weighted by Gasteiger charge is -2.16. The molecule has 3 heterocycles. The summed E-state index contributed by atoms with van der Waals surface area (Å²) in [6, 6.07) is 7.45. The van der Waals surface area contributed by atoms with E-state index in [1.807, 2.05) is 13.8 Å². The summed E-state index contributed by atoms with van der Waals surface area (Å²) in [7, 11) is 0. The number of hydrogen-bond acceptors (Lipinski definition) is 7. The van der Waals surface area contributed by atoms with Crippen molar-refractivity contribution in [2.75, 3.05) is 0 Å². The fraction of sp³-hybridized carbons (Fsp3) is 0.238. The van der Waals surface area contributed by atoms with Gasteiger partial charge in [0.2, 0.25) is 0 Å². The van der Waals surface area contributed by atoms with Gasteiger partial charge in [-0.05, 0) is 31.0 Å². The molecule has 0 bridgehead atoms. The highest BCUT2D eigenvalue weighted by Crippen LogP contribution is 2.25. The number of pyridine rings is 1. The van der Waals surface area contributed by atoms with Gasteiger partial charge in [-0.3, -0.25) is 23.9 Å². The summed E-state index contributed by atoms with van der Waals surface area (Å²) in [6.07, 6.45) is 0. The number of nitrogens with zero attached hydrogens (tertiary/aromatic N) is 3. The number of hydroxylamine groups is 2. The number of benzene rings is 1. The minimum Gasteiger partial charge on any atom is -0.324 e. The van der Waals surface area contributed by atoms with Crippen molar-refractivity contribution >= 4 is 28.8 Å². The second-order valence-electron chi connectivity index (χ2n) is 7.28. The lowest BCUT2D eigenvalue weighted by atomic mass is 10.1. The van der Waals surface area contributed by atoms with Crippen LogP contribution in [0.4, 0.5) is 0 Å². The maximum absolute atomic E-state index is 13.0. The smallest absolute Gasteiger partial charge is 0.324 e.